The molecule has 16 heavy (non-hydrogen) atoms. The summed E-state index contributed by atoms with van der Waals surface area (Å²) in [6, 6.07) is -3.56. The summed E-state index contributed by atoms with van der Waals surface area (Å²) >= 11 is 0. The third-order valence-corrected chi connectivity index (χ3v) is 3.51. The minimum absolute atomic E-state index is 0.744. The molecule has 0 aliphatic carbocycles. The number of nitrogens with one attached hydrogen (secondary N) is 1. The highest BCUT2D eigenvalue weighted by Crippen LogP contribution is 2.56. The van der Waals surface area contributed by atoms with Gasteiger partial charge in [0.2, 0.25) is 0 Å². The Bertz CT molecular complexity index is 309. The molecule has 0 spiro atoms. The van der Waals surface area contributed by atoms with Gasteiger partial charge < -0.3 is 25.1 Å². The first kappa shape index (κ1) is 13.9. The first-order valence-electron chi connectivity index (χ1n) is 4.29. The molecule has 1 aliphatic rings. The first-order chi connectivity index (χ1) is 7.13. The van der Waals surface area contributed by atoms with E-state index < -0.39 is 44.2 Å². The maximum absolute atomic E-state index is 13.2. The number of aliphatic hydroxyl groups is 3. The molecule has 0 radical (unpaired) electrons. The molecule has 1 saturated heterocycles. The number of hydrogen-bond acceptors (Lipinski definition) is 5. The molecular formula is C6H12F2NO6P. The van der Waals surface area contributed by atoms with E-state index in [1.54, 1.807) is 0 Å². The van der Waals surface area contributed by atoms with Crippen LogP contribution >= 0.6 is 7.60 Å². The van der Waals surface area contributed by atoms with Crippen molar-refractivity contribution in [2.24, 2.45) is 0 Å². The Hall–Kier alpha value is -0.150. The van der Waals surface area contributed by atoms with E-state index in [1.165, 1.54) is 0 Å². The smallest absolute Gasteiger partial charge is 0.395 e. The van der Waals surface area contributed by atoms with E-state index in [0.29, 0.717) is 0 Å². The molecule has 96 valence electrons. The van der Waals surface area contributed by atoms with Crippen molar-refractivity contribution >= 4 is 7.60 Å². The van der Waals surface area contributed by atoms with Crippen molar-refractivity contribution in [1.82, 2.24) is 5.32 Å². The average Bonchev–Trinajstić information content (AvgIpc) is 2.42. The van der Waals surface area contributed by atoms with Gasteiger partial charge in [0.25, 0.3) is 0 Å². The Morgan fingerprint density at radius 1 is 1.25 bits per heavy atom. The molecular weight excluding hydrogens is 251 g/mol. The molecule has 1 aliphatic heterocycles. The van der Waals surface area contributed by atoms with Crippen molar-refractivity contribution in [1.29, 1.82) is 0 Å². The van der Waals surface area contributed by atoms with Crippen LogP contribution in [0.3, 0.4) is 0 Å². The summed E-state index contributed by atoms with van der Waals surface area (Å²) in [4.78, 5) is 16.9. The van der Waals surface area contributed by atoms with Gasteiger partial charge in [0, 0.05) is 0 Å². The van der Waals surface area contributed by atoms with Crippen molar-refractivity contribution in [2.45, 2.75) is 30.0 Å². The van der Waals surface area contributed by atoms with Gasteiger partial charge in [0.05, 0.1) is 18.8 Å². The Balaban J connectivity index is 2.95. The Morgan fingerprint density at radius 3 is 2.06 bits per heavy atom. The summed E-state index contributed by atoms with van der Waals surface area (Å²) < 4.78 is 36.9. The van der Waals surface area contributed by atoms with Gasteiger partial charge in [-0.05, 0) is 0 Å². The molecule has 0 amide bonds. The second-order valence-electron chi connectivity index (χ2n) is 3.55. The maximum atomic E-state index is 13.2. The molecule has 6 N–H and O–H groups in total. The Kier molecular flexibility index (Phi) is 3.71. The lowest BCUT2D eigenvalue weighted by Crippen LogP contribution is -2.48. The van der Waals surface area contributed by atoms with Gasteiger partial charge in [-0.15, -0.1) is 0 Å². The van der Waals surface area contributed by atoms with E-state index in [2.05, 4.69) is 0 Å². The third-order valence-electron chi connectivity index (χ3n) is 2.46. The molecule has 0 aromatic carbocycles. The second kappa shape index (κ2) is 4.26. The van der Waals surface area contributed by atoms with E-state index >= 15 is 0 Å². The third kappa shape index (κ3) is 2.12. The Morgan fingerprint density at radius 2 is 1.75 bits per heavy atom. The molecule has 0 aromatic rings. The molecule has 0 aromatic heterocycles. The largest absolute Gasteiger partial charge is 0.396 e. The highest BCUT2D eigenvalue weighted by Gasteiger charge is 2.62. The fourth-order valence-electron chi connectivity index (χ4n) is 1.51. The van der Waals surface area contributed by atoms with Crippen molar-refractivity contribution in [3.05, 3.63) is 0 Å². The fourth-order valence-corrected chi connectivity index (χ4v) is 2.10. The summed E-state index contributed by atoms with van der Waals surface area (Å²) in [5.41, 5.74) is -4.52. The molecule has 10 heteroatoms. The van der Waals surface area contributed by atoms with Crippen LogP contribution in [0.25, 0.3) is 0 Å². The van der Waals surface area contributed by atoms with Gasteiger partial charge in [-0.2, -0.15) is 8.78 Å². The summed E-state index contributed by atoms with van der Waals surface area (Å²) in [5, 5.41) is 29.0. The van der Waals surface area contributed by atoms with E-state index in [1.807, 2.05) is 5.32 Å². The van der Waals surface area contributed by atoms with Crippen LogP contribution in [0.1, 0.15) is 0 Å². The molecule has 7 nitrogen and oxygen atoms in total. The lowest BCUT2D eigenvalue weighted by atomic mass is 10.1. The minimum Gasteiger partial charge on any atom is -0.395 e. The standard InChI is InChI=1S/C6H12F2NO6P/c7-6(8,16(13,14)15)5-4(12)3(11)2(1-10)9-5/h2-5,9-12H,1H2,(H2,13,14,15)/t2-,3-,4+,5-/m1/s1. The zero-order chi connectivity index (χ0) is 12.7. The lowest BCUT2D eigenvalue weighted by Gasteiger charge is -2.26. The zero-order valence-corrected chi connectivity index (χ0v) is 8.76. The molecule has 0 bridgehead atoms. The van der Waals surface area contributed by atoms with Crippen LogP contribution in [-0.2, 0) is 4.57 Å². The molecule has 0 saturated carbocycles. The SMILES string of the molecule is O=P(O)(O)C(F)(F)[C@@H]1N[C@H](CO)[C@@H](O)[C@@H]1O. The molecule has 0 unspecified atom stereocenters. The number of hydrogen-bond donors (Lipinski definition) is 6. The van der Waals surface area contributed by atoms with Crippen LogP contribution < -0.4 is 5.32 Å². The van der Waals surface area contributed by atoms with E-state index in [0.717, 1.165) is 0 Å². The van der Waals surface area contributed by atoms with Crippen LogP contribution in [0.4, 0.5) is 8.78 Å². The first-order valence-corrected chi connectivity index (χ1v) is 5.90. The minimum atomic E-state index is -5.77. The molecule has 1 heterocycles. The van der Waals surface area contributed by atoms with Gasteiger partial charge in [0.15, 0.2) is 0 Å². The highest BCUT2D eigenvalue weighted by atomic mass is 31.2. The maximum Gasteiger partial charge on any atom is 0.396 e. The molecule has 1 rings (SSSR count). The summed E-state index contributed by atoms with van der Waals surface area (Å²) in [7, 11) is -5.77. The predicted molar refractivity (Wildman–Crippen MR) is 46.8 cm³/mol. The van der Waals surface area contributed by atoms with Crippen molar-refractivity contribution in [3.8, 4) is 0 Å². The van der Waals surface area contributed by atoms with Gasteiger partial charge in [-0.1, -0.05) is 0 Å². The van der Waals surface area contributed by atoms with Crippen LogP contribution in [0, 0.1) is 0 Å². The van der Waals surface area contributed by atoms with Gasteiger partial charge >= 0.3 is 13.3 Å². The van der Waals surface area contributed by atoms with E-state index in [4.69, 9.17) is 14.9 Å². The molecule has 4 atom stereocenters. The van der Waals surface area contributed by atoms with Crippen LogP contribution in [0.5, 0.6) is 0 Å². The normalized spacial score (nSPS) is 36.7. The van der Waals surface area contributed by atoms with Crippen molar-refractivity contribution < 1.29 is 38.5 Å². The highest BCUT2D eigenvalue weighted by molar-refractivity contribution is 7.53. The van der Waals surface area contributed by atoms with Gasteiger partial charge in [-0.3, -0.25) is 9.88 Å². The van der Waals surface area contributed by atoms with Crippen LogP contribution in [0.2, 0.25) is 0 Å². The number of aliphatic hydroxyl groups excluding tert-OH is 3. The van der Waals surface area contributed by atoms with E-state index in [9.17, 15) is 23.6 Å². The van der Waals surface area contributed by atoms with Gasteiger partial charge in [0.1, 0.15) is 12.1 Å². The Labute approximate surface area is 88.9 Å². The zero-order valence-electron chi connectivity index (χ0n) is 7.86. The molecule has 1 fully saturated rings. The summed E-state index contributed by atoms with van der Waals surface area (Å²) in [5.74, 6) is 0. The number of rotatable bonds is 3. The van der Waals surface area contributed by atoms with Crippen LogP contribution in [-0.4, -0.2) is 61.7 Å². The van der Waals surface area contributed by atoms with E-state index in [-0.39, 0.29) is 0 Å². The monoisotopic (exact) mass is 263 g/mol. The fraction of sp³-hybridized carbons (Fsp3) is 1.00. The lowest BCUT2D eigenvalue weighted by molar-refractivity contribution is -0.0408. The number of alkyl halides is 2. The van der Waals surface area contributed by atoms with Crippen molar-refractivity contribution in [2.75, 3.05) is 6.61 Å². The number of halogens is 2. The average molecular weight is 263 g/mol. The van der Waals surface area contributed by atoms with Crippen LogP contribution in [0.15, 0.2) is 0 Å². The predicted octanol–water partition coefficient (Wildman–Crippen LogP) is -2.19. The van der Waals surface area contributed by atoms with Crippen molar-refractivity contribution in [3.63, 3.8) is 0 Å². The summed E-state index contributed by atoms with van der Waals surface area (Å²) in [6.07, 6.45) is -3.79. The topological polar surface area (TPSA) is 130 Å². The second-order valence-corrected chi connectivity index (χ2v) is 5.23. The van der Waals surface area contributed by atoms with Gasteiger partial charge in [-0.25, -0.2) is 0 Å². The summed E-state index contributed by atoms with van der Waals surface area (Å²) in [6.45, 7) is -0.744. The quantitative estimate of drug-likeness (QED) is 0.319.